The normalized spacial score (nSPS) is 13.3. The minimum absolute atomic E-state index is 0.115. The van der Waals surface area contributed by atoms with E-state index in [0.717, 1.165) is 12.1 Å². The molecule has 0 aromatic heterocycles. The van der Waals surface area contributed by atoms with Gasteiger partial charge in [0.25, 0.3) is 5.69 Å². The molecule has 0 fully saturated rings. The molecule has 1 atom stereocenters. The van der Waals surface area contributed by atoms with Crippen LogP contribution in [0, 0.1) is 10.1 Å². The van der Waals surface area contributed by atoms with Crippen LogP contribution in [-0.4, -0.2) is 19.4 Å². The minimum atomic E-state index is -3.91. The number of benzene rings is 1. The van der Waals surface area contributed by atoms with Gasteiger partial charge in [-0.3, -0.25) is 10.1 Å². The van der Waals surface area contributed by atoms with E-state index in [9.17, 15) is 18.5 Å². The number of halogens is 1. The fraction of sp³-hybridized carbons (Fsp3) is 0.400. The first kappa shape index (κ1) is 14.9. The second-order valence-electron chi connectivity index (χ2n) is 3.80. The Labute approximate surface area is 110 Å². The quantitative estimate of drug-likeness (QED) is 0.666. The molecule has 18 heavy (non-hydrogen) atoms. The molecule has 8 heteroatoms. The van der Waals surface area contributed by atoms with Gasteiger partial charge in [0.15, 0.2) is 4.90 Å². The monoisotopic (exact) mass is 292 g/mol. The molecule has 0 amide bonds. The van der Waals surface area contributed by atoms with Crippen molar-refractivity contribution >= 4 is 27.3 Å². The van der Waals surface area contributed by atoms with Crippen LogP contribution in [0.4, 0.5) is 5.69 Å². The molecule has 1 rings (SSSR count). The van der Waals surface area contributed by atoms with Gasteiger partial charge in [0.05, 0.1) is 4.92 Å². The standard InChI is InChI=1S/C10H13ClN2O4S/c1-3-7(2)12-18(16,17)10-5-4-8(11)6-9(10)13(14)15/h4-7,12H,3H2,1-2H3/t7-/m1/s1. The average molecular weight is 293 g/mol. The van der Waals surface area contributed by atoms with Crippen molar-refractivity contribution in [3.63, 3.8) is 0 Å². The molecular weight excluding hydrogens is 280 g/mol. The van der Waals surface area contributed by atoms with E-state index < -0.39 is 20.6 Å². The van der Waals surface area contributed by atoms with Crippen molar-refractivity contribution in [3.8, 4) is 0 Å². The fourth-order valence-corrected chi connectivity index (χ4v) is 2.92. The number of nitrogens with one attached hydrogen (secondary N) is 1. The number of sulfonamides is 1. The fourth-order valence-electron chi connectivity index (χ4n) is 1.27. The van der Waals surface area contributed by atoms with Crippen LogP contribution in [0.25, 0.3) is 0 Å². The van der Waals surface area contributed by atoms with Gasteiger partial charge in [0.1, 0.15) is 0 Å². The molecule has 100 valence electrons. The highest BCUT2D eigenvalue weighted by Gasteiger charge is 2.26. The Balaban J connectivity index is 3.28. The molecule has 0 aliphatic carbocycles. The van der Waals surface area contributed by atoms with E-state index in [1.807, 2.05) is 6.92 Å². The molecule has 1 aromatic rings. The number of hydrogen-bond donors (Lipinski definition) is 1. The summed E-state index contributed by atoms with van der Waals surface area (Å²) < 4.78 is 26.3. The first-order chi connectivity index (χ1) is 8.27. The Hall–Kier alpha value is -1.18. The summed E-state index contributed by atoms with van der Waals surface area (Å²) in [5.41, 5.74) is -0.529. The number of nitro groups is 1. The molecule has 1 N–H and O–H groups in total. The lowest BCUT2D eigenvalue weighted by atomic mass is 10.3. The third kappa shape index (κ3) is 3.41. The van der Waals surface area contributed by atoms with Gasteiger partial charge in [0, 0.05) is 17.1 Å². The van der Waals surface area contributed by atoms with Gasteiger partial charge < -0.3 is 0 Å². The van der Waals surface area contributed by atoms with Crippen molar-refractivity contribution in [1.29, 1.82) is 0 Å². The van der Waals surface area contributed by atoms with Crippen LogP contribution in [0.2, 0.25) is 5.02 Å². The zero-order chi connectivity index (χ0) is 13.9. The van der Waals surface area contributed by atoms with Crippen LogP contribution in [-0.2, 0) is 10.0 Å². The van der Waals surface area contributed by atoms with Crippen LogP contribution in [0.1, 0.15) is 20.3 Å². The molecule has 0 unspecified atom stereocenters. The maximum atomic E-state index is 12.0. The smallest absolute Gasteiger partial charge is 0.258 e. The van der Waals surface area contributed by atoms with Crippen molar-refractivity contribution in [2.75, 3.05) is 0 Å². The van der Waals surface area contributed by atoms with E-state index in [0.29, 0.717) is 6.42 Å². The Bertz CT molecular complexity index is 559. The summed E-state index contributed by atoms with van der Waals surface area (Å²) >= 11 is 5.62. The van der Waals surface area contributed by atoms with Crippen LogP contribution in [0.3, 0.4) is 0 Å². The van der Waals surface area contributed by atoms with Crippen molar-refractivity contribution in [2.45, 2.75) is 31.2 Å². The van der Waals surface area contributed by atoms with Crippen LogP contribution in [0.15, 0.2) is 23.1 Å². The topological polar surface area (TPSA) is 89.3 Å². The van der Waals surface area contributed by atoms with Gasteiger partial charge >= 0.3 is 0 Å². The number of nitro benzene ring substituents is 1. The highest BCUT2D eigenvalue weighted by atomic mass is 35.5. The second kappa shape index (κ2) is 5.64. The Morgan fingerprint density at radius 3 is 2.61 bits per heavy atom. The molecule has 0 bridgehead atoms. The zero-order valence-electron chi connectivity index (χ0n) is 9.88. The van der Waals surface area contributed by atoms with Gasteiger partial charge in [-0.2, -0.15) is 0 Å². The molecule has 6 nitrogen and oxygen atoms in total. The first-order valence-corrected chi connectivity index (χ1v) is 7.10. The zero-order valence-corrected chi connectivity index (χ0v) is 11.5. The molecule has 0 saturated carbocycles. The minimum Gasteiger partial charge on any atom is -0.258 e. The largest absolute Gasteiger partial charge is 0.290 e. The third-order valence-electron chi connectivity index (χ3n) is 2.38. The van der Waals surface area contributed by atoms with E-state index in [1.54, 1.807) is 6.92 Å². The molecule has 0 aliphatic rings. The molecule has 0 spiro atoms. The Kier molecular flexibility index (Phi) is 4.66. The first-order valence-electron chi connectivity index (χ1n) is 5.24. The summed E-state index contributed by atoms with van der Waals surface area (Å²) in [6.45, 7) is 3.49. The SMILES string of the molecule is CC[C@@H](C)NS(=O)(=O)c1ccc(Cl)cc1[N+](=O)[O-]. The highest BCUT2D eigenvalue weighted by Crippen LogP contribution is 2.27. The molecular formula is C10H13ClN2O4S. The summed E-state index contributed by atoms with van der Waals surface area (Å²) in [7, 11) is -3.91. The number of nitrogens with zero attached hydrogens (tertiary/aromatic N) is 1. The lowest BCUT2D eigenvalue weighted by Crippen LogP contribution is -2.32. The van der Waals surface area contributed by atoms with Crippen LogP contribution in [0.5, 0.6) is 0 Å². The summed E-state index contributed by atoms with van der Waals surface area (Å²) in [6, 6.07) is 3.16. The predicted octanol–water partition coefficient (Wildman–Crippen LogP) is 2.33. The van der Waals surface area contributed by atoms with E-state index >= 15 is 0 Å². The highest BCUT2D eigenvalue weighted by molar-refractivity contribution is 7.89. The van der Waals surface area contributed by atoms with Gasteiger partial charge in [-0.15, -0.1) is 0 Å². The van der Waals surface area contributed by atoms with Gasteiger partial charge in [-0.1, -0.05) is 18.5 Å². The Morgan fingerprint density at radius 2 is 2.11 bits per heavy atom. The van der Waals surface area contributed by atoms with Crippen molar-refractivity contribution in [1.82, 2.24) is 4.72 Å². The molecule has 0 radical (unpaired) electrons. The maximum absolute atomic E-state index is 12.0. The molecule has 1 aromatic carbocycles. The number of hydrogen-bond acceptors (Lipinski definition) is 4. The molecule has 0 aliphatic heterocycles. The van der Waals surface area contributed by atoms with Crippen LogP contribution >= 0.6 is 11.6 Å². The van der Waals surface area contributed by atoms with Crippen molar-refractivity contribution < 1.29 is 13.3 Å². The number of rotatable bonds is 5. The molecule has 0 saturated heterocycles. The van der Waals surface area contributed by atoms with Crippen molar-refractivity contribution in [2.24, 2.45) is 0 Å². The average Bonchev–Trinajstić information content (AvgIpc) is 2.27. The van der Waals surface area contributed by atoms with E-state index in [4.69, 9.17) is 11.6 Å². The van der Waals surface area contributed by atoms with E-state index in [1.165, 1.54) is 6.07 Å². The van der Waals surface area contributed by atoms with E-state index in [-0.39, 0.29) is 16.0 Å². The second-order valence-corrected chi connectivity index (χ2v) is 5.92. The lowest BCUT2D eigenvalue weighted by Gasteiger charge is -2.12. The third-order valence-corrected chi connectivity index (χ3v) is 4.25. The summed E-state index contributed by atoms with van der Waals surface area (Å²) in [5, 5.41) is 10.9. The van der Waals surface area contributed by atoms with Gasteiger partial charge in [-0.25, -0.2) is 13.1 Å². The maximum Gasteiger partial charge on any atom is 0.290 e. The predicted molar refractivity (Wildman–Crippen MR) is 68.2 cm³/mol. The summed E-state index contributed by atoms with van der Waals surface area (Å²) in [6.07, 6.45) is 0.584. The van der Waals surface area contributed by atoms with Crippen molar-refractivity contribution in [3.05, 3.63) is 33.3 Å². The summed E-state index contributed by atoms with van der Waals surface area (Å²) in [5.74, 6) is 0. The lowest BCUT2D eigenvalue weighted by molar-refractivity contribution is -0.387. The summed E-state index contributed by atoms with van der Waals surface area (Å²) in [4.78, 5) is 9.69. The van der Waals surface area contributed by atoms with Gasteiger partial charge in [0.2, 0.25) is 10.0 Å². The van der Waals surface area contributed by atoms with Gasteiger partial charge in [-0.05, 0) is 25.5 Å². The molecule has 0 heterocycles. The van der Waals surface area contributed by atoms with Crippen LogP contribution < -0.4 is 4.72 Å². The Morgan fingerprint density at radius 1 is 1.50 bits per heavy atom. The van der Waals surface area contributed by atoms with E-state index in [2.05, 4.69) is 4.72 Å².